The van der Waals surface area contributed by atoms with Gasteiger partial charge in [-0.25, -0.2) is 0 Å². The van der Waals surface area contributed by atoms with E-state index in [1.54, 1.807) is 0 Å². The third kappa shape index (κ3) is 2.52. The van der Waals surface area contributed by atoms with E-state index < -0.39 is 0 Å². The Hall–Kier alpha value is -0.550. The smallest absolute Gasteiger partial charge is 0.232 e. The van der Waals surface area contributed by atoms with Crippen LogP contribution in [0.2, 0.25) is 0 Å². The summed E-state index contributed by atoms with van der Waals surface area (Å²) in [5, 5.41) is 3.98. The second kappa shape index (κ2) is 4.99. The van der Waals surface area contributed by atoms with Crippen LogP contribution in [-0.4, -0.2) is 27.7 Å². The third-order valence-electron chi connectivity index (χ3n) is 2.68. The molecule has 1 aromatic rings. The van der Waals surface area contributed by atoms with Gasteiger partial charge in [0.1, 0.15) is 0 Å². The molecule has 2 unspecified atom stereocenters. The normalized spacial score (nSPS) is 26.0. The van der Waals surface area contributed by atoms with Gasteiger partial charge in [-0.1, -0.05) is 18.5 Å². The number of hydrogen-bond donors (Lipinski definition) is 1. The van der Waals surface area contributed by atoms with Crippen LogP contribution in [0, 0.1) is 0 Å². The summed E-state index contributed by atoms with van der Waals surface area (Å²) in [5.74, 6) is 3.83. The van der Waals surface area contributed by atoms with E-state index in [0.717, 1.165) is 42.5 Å². The van der Waals surface area contributed by atoms with Crippen LogP contribution in [0.1, 0.15) is 37.4 Å². The fourth-order valence-electron chi connectivity index (χ4n) is 1.68. The van der Waals surface area contributed by atoms with Crippen molar-refractivity contribution in [2.75, 3.05) is 11.5 Å². The van der Waals surface area contributed by atoms with Crippen LogP contribution in [-0.2, 0) is 6.42 Å². The molecule has 2 N–H and O–H groups in total. The van der Waals surface area contributed by atoms with E-state index >= 15 is 0 Å². The number of thioether (sulfide) groups is 1. The van der Waals surface area contributed by atoms with Gasteiger partial charge in [0, 0.05) is 24.0 Å². The first-order valence-electron chi connectivity index (χ1n) is 5.47. The Kier molecular flexibility index (Phi) is 3.64. The summed E-state index contributed by atoms with van der Waals surface area (Å²) in [6.07, 6.45) is 3.18. The lowest BCUT2D eigenvalue weighted by Gasteiger charge is -2.07. The minimum atomic E-state index is 0.175. The zero-order chi connectivity index (χ0) is 10.7. The predicted molar refractivity (Wildman–Crippen MR) is 61.0 cm³/mol. The highest BCUT2D eigenvalue weighted by Gasteiger charge is 2.30. The monoisotopic (exact) mass is 227 g/mol. The van der Waals surface area contributed by atoms with Gasteiger partial charge < -0.3 is 10.3 Å². The fraction of sp³-hybridized carbons (Fsp3) is 0.800. The maximum absolute atomic E-state index is 5.97. The number of rotatable bonds is 4. The molecule has 0 aliphatic carbocycles. The van der Waals surface area contributed by atoms with Crippen molar-refractivity contribution in [1.82, 2.24) is 10.1 Å². The molecule has 2 atom stereocenters. The molecule has 1 aliphatic heterocycles. The Morgan fingerprint density at radius 3 is 3.07 bits per heavy atom. The molecule has 0 spiro atoms. The summed E-state index contributed by atoms with van der Waals surface area (Å²) in [6, 6.07) is 0.175. The summed E-state index contributed by atoms with van der Waals surface area (Å²) in [7, 11) is 0. The van der Waals surface area contributed by atoms with E-state index in [1.807, 2.05) is 11.8 Å². The number of unbranched alkanes of at least 4 members (excludes halogenated alkanes) is 1. The molecular weight excluding hydrogens is 210 g/mol. The standard InChI is InChI=1S/C10H17N3OS/c1-2-3-4-9-12-10(14-13-9)7-5-15-6-8(7)11/h7-8H,2-6,11H2,1H3. The van der Waals surface area contributed by atoms with E-state index in [0.29, 0.717) is 0 Å². The van der Waals surface area contributed by atoms with E-state index in [-0.39, 0.29) is 12.0 Å². The highest BCUT2D eigenvalue weighted by Crippen LogP contribution is 2.30. The summed E-state index contributed by atoms with van der Waals surface area (Å²) < 4.78 is 5.26. The van der Waals surface area contributed by atoms with Crippen molar-refractivity contribution in [2.45, 2.75) is 38.1 Å². The van der Waals surface area contributed by atoms with Gasteiger partial charge >= 0.3 is 0 Å². The molecule has 84 valence electrons. The summed E-state index contributed by atoms with van der Waals surface area (Å²) >= 11 is 1.86. The first kappa shape index (κ1) is 11.0. The topological polar surface area (TPSA) is 64.9 Å². The number of nitrogens with zero attached hydrogens (tertiary/aromatic N) is 2. The minimum absolute atomic E-state index is 0.175. The minimum Gasteiger partial charge on any atom is -0.339 e. The van der Waals surface area contributed by atoms with Gasteiger partial charge in [-0.05, 0) is 6.42 Å². The maximum atomic E-state index is 5.97. The zero-order valence-corrected chi connectivity index (χ0v) is 9.80. The Morgan fingerprint density at radius 2 is 2.40 bits per heavy atom. The molecule has 15 heavy (non-hydrogen) atoms. The Labute approximate surface area is 94.0 Å². The third-order valence-corrected chi connectivity index (χ3v) is 3.89. The number of aromatic nitrogens is 2. The molecule has 1 aliphatic rings. The van der Waals surface area contributed by atoms with Crippen LogP contribution in [0.3, 0.4) is 0 Å². The second-order valence-corrected chi connectivity index (χ2v) is 5.04. The average Bonchev–Trinajstić information content (AvgIpc) is 2.83. The van der Waals surface area contributed by atoms with Crippen LogP contribution < -0.4 is 5.73 Å². The fourth-order valence-corrected chi connectivity index (χ4v) is 2.96. The van der Waals surface area contributed by atoms with Crippen LogP contribution in [0.15, 0.2) is 4.52 Å². The molecule has 1 aromatic heterocycles. The van der Waals surface area contributed by atoms with Gasteiger partial charge in [0.25, 0.3) is 0 Å². The number of hydrogen-bond acceptors (Lipinski definition) is 5. The summed E-state index contributed by atoms with van der Waals surface area (Å²) in [6.45, 7) is 2.16. The van der Waals surface area contributed by atoms with Crippen molar-refractivity contribution >= 4 is 11.8 Å². The molecule has 1 saturated heterocycles. The molecule has 0 amide bonds. The lowest BCUT2D eigenvalue weighted by molar-refractivity contribution is 0.348. The second-order valence-electron chi connectivity index (χ2n) is 3.96. The Bertz CT molecular complexity index is 315. The van der Waals surface area contributed by atoms with Crippen LogP contribution >= 0.6 is 11.8 Å². The molecule has 0 radical (unpaired) electrons. The molecule has 0 aromatic carbocycles. The number of nitrogens with two attached hydrogens (primary N) is 1. The SMILES string of the molecule is CCCCc1noc(C2CSCC2N)n1. The largest absolute Gasteiger partial charge is 0.339 e. The van der Waals surface area contributed by atoms with Crippen molar-refractivity contribution in [3.63, 3.8) is 0 Å². The van der Waals surface area contributed by atoms with Crippen molar-refractivity contribution in [1.29, 1.82) is 0 Å². The van der Waals surface area contributed by atoms with Crippen molar-refractivity contribution in [3.8, 4) is 0 Å². The molecular formula is C10H17N3OS. The van der Waals surface area contributed by atoms with Gasteiger partial charge in [-0.3, -0.25) is 0 Å². The Balaban J connectivity index is 1.99. The van der Waals surface area contributed by atoms with Gasteiger partial charge in [-0.2, -0.15) is 16.7 Å². The lowest BCUT2D eigenvalue weighted by Crippen LogP contribution is -2.26. The highest BCUT2D eigenvalue weighted by molar-refractivity contribution is 7.99. The van der Waals surface area contributed by atoms with E-state index in [2.05, 4.69) is 17.1 Å². The first-order valence-corrected chi connectivity index (χ1v) is 6.62. The summed E-state index contributed by atoms with van der Waals surface area (Å²) in [5.41, 5.74) is 5.97. The van der Waals surface area contributed by atoms with E-state index in [1.165, 1.54) is 0 Å². The van der Waals surface area contributed by atoms with Crippen molar-refractivity contribution < 1.29 is 4.52 Å². The molecule has 0 bridgehead atoms. The van der Waals surface area contributed by atoms with Gasteiger partial charge in [0.2, 0.25) is 5.89 Å². The van der Waals surface area contributed by atoms with Crippen LogP contribution in [0.4, 0.5) is 0 Å². The van der Waals surface area contributed by atoms with Crippen molar-refractivity contribution in [2.24, 2.45) is 5.73 Å². The van der Waals surface area contributed by atoms with E-state index in [4.69, 9.17) is 10.3 Å². The maximum Gasteiger partial charge on any atom is 0.232 e. The molecule has 1 fully saturated rings. The van der Waals surface area contributed by atoms with Gasteiger partial charge in [-0.15, -0.1) is 0 Å². The van der Waals surface area contributed by atoms with Gasteiger partial charge in [0.15, 0.2) is 5.82 Å². The lowest BCUT2D eigenvalue weighted by atomic mass is 10.1. The average molecular weight is 227 g/mol. The molecule has 0 saturated carbocycles. The van der Waals surface area contributed by atoms with Crippen LogP contribution in [0.25, 0.3) is 0 Å². The van der Waals surface area contributed by atoms with Crippen LogP contribution in [0.5, 0.6) is 0 Å². The highest BCUT2D eigenvalue weighted by atomic mass is 32.2. The quantitative estimate of drug-likeness (QED) is 0.845. The molecule has 2 rings (SSSR count). The summed E-state index contributed by atoms with van der Waals surface area (Å²) in [4.78, 5) is 4.41. The van der Waals surface area contributed by atoms with E-state index in [9.17, 15) is 0 Å². The zero-order valence-electron chi connectivity index (χ0n) is 8.98. The van der Waals surface area contributed by atoms with Crippen molar-refractivity contribution in [3.05, 3.63) is 11.7 Å². The van der Waals surface area contributed by atoms with Gasteiger partial charge in [0.05, 0.1) is 5.92 Å². The Morgan fingerprint density at radius 1 is 1.53 bits per heavy atom. The first-order chi connectivity index (χ1) is 7.31. The molecule has 2 heterocycles. The molecule has 4 nitrogen and oxygen atoms in total. The predicted octanol–water partition coefficient (Wildman–Crippen LogP) is 1.57. The number of aryl methyl sites for hydroxylation is 1. The molecule has 5 heteroatoms.